The highest BCUT2D eigenvalue weighted by Gasteiger charge is 2.42. The SMILES string of the molecule is CC(C)(C)OC(=O)N1C[C@H](CC2CC2)C[C@H]1C(=O)O. The molecule has 0 bridgehead atoms. The second kappa shape index (κ2) is 5.02. The first-order chi connectivity index (χ1) is 8.76. The maximum absolute atomic E-state index is 12.1. The lowest BCUT2D eigenvalue weighted by molar-refractivity contribution is -0.142. The van der Waals surface area contributed by atoms with Crippen molar-refractivity contribution in [3.8, 4) is 0 Å². The third-order valence-electron chi connectivity index (χ3n) is 3.66. The molecular formula is C14H23NO4. The lowest BCUT2D eigenvalue weighted by atomic mass is 9.99. The van der Waals surface area contributed by atoms with Gasteiger partial charge in [0.05, 0.1) is 0 Å². The van der Waals surface area contributed by atoms with Gasteiger partial charge in [0.1, 0.15) is 11.6 Å². The van der Waals surface area contributed by atoms with Gasteiger partial charge in [-0.25, -0.2) is 9.59 Å². The molecule has 0 spiro atoms. The van der Waals surface area contributed by atoms with Crippen LogP contribution in [0.2, 0.25) is 0 Å². The zero-order valence-electron chi connectivity index (χ0n) is 11.9. The molecular weight excluding hydrogens is 246 g/mol. The topological polar surface area (TPSA) is 66.8 Å². The average Bonchev–Trinajstić information content (AvgIpc) is 2.92. The largest absolute Gasteiger partial charge is 0.480 e. The summed E-state index contributed by atoms with van der Waals surface area (Å²) >= 11 is 0. The third-order valence-corrected chi connectivity index (χ3v) is 3.66. The number of hydrogen-bond donors (Lipinski definition) is 1. The summed E-state index contributed by atoms with van der Waals surface area (Å²) in [6.45, 7) is 5.89. The molecule has 108 valence electrons. The van der Waals surface area contributed by atoms with Crippen LogP contribution in [0.3, 0.4) is 0 Å². The zero-order chi connectivity index (χ0) is 14.2. The molecule has 2 fully saturated rings. The fourth-order valence-electron chi connectivity index (χ4n) is 2.68. The van der Waals surface area contributed by atoms with Crippen LogP contribution in [0.4, 0.5) is 4.79 Å². The summed E-state index contributed by atoms with van der Waals surface area (Å²) in [7, 11) is 0. The van der Waals surface area contributed by atoms with Gasteiger partial charge in [-0.15, -0.1) is 0 Å². The maximum Gasteiger partial charge on any atom is 0.411 e. The Morgan fingerprint density at radius 1 is 1.26 bits per heavy atom. The molecule has 5 nitrogen and oxygen atoms in total. The van der Waals surface area contributed by atoms with Gasteiger partial charge in [-0.2, -0.15) is 0 Å². The van der Waals surface area contributed by atoms with Crippen LogP contribution in [0.1, 0.15) is 46.5 Å². The molecule has 5 heteroatoms. The van der Waals surface area contributed by atoms with Crippen molar-refractivity contribution in [3.63, 3.8) is 0 Å². The second-order valence-electron chi connectivity index (χ2n) is 6.77. The predicted molar refractivity (Wildman–Crippen MR) is 69.8 cm³/mol. The van der Waals surface area contributed by atoms with Gasteiger partial charge in [0.25, 0.3) is 0 Å². The number of ether oxygens (including phenoxy) is 1. The normalized spacial score (nSPS) is 27.4. The van der Waals surface area contributed by atoms with Crippen molar-refractivity contribution >= 4 is 12.1 Å². The standard InChI is InChI=1S/C14H23NO4/c1-14(2,3)19-13(18)15-8-10(6-9-4-5-9)7-11(15)12(16)17/h9-11H,4-8H2,1-3H3,(H,16,17)/t10-,11+/m1/s1. The van der Waals surface area contributed by atoms with Crippen molar-refractivity contribution in [1.82, 2.24) is 4.90 Å². The summed E-state index contributed by atoms with van der Waals surface area (Å²) in [6.07, 6.45) is 3.60. The molecule has 2 rings (SSSR count). The molecule has 1 saturated carbocycles. The van der Waals surface area contributed by atoms with Crippen molar-refractivity contribution in [1.29, 1.82) is 0 Å². The Bertz CT molecular complexity index is 370. The van der Waals surface area contributed by atoms with Crippen LogP contribution in [0.15, 0.2) is 0 Å². The number of carbonyl (C=O) groups is 2. The van der Waals surface area contributed by atoms with Crippen LogP contribution in [0, 0.1) is 11.8 Å². The summed E-state index contributed by atoms with van der Waals surface area (Å²) < 4.78 is 5.29. The minimum absolute atomic E-state index is 0.307. The van der Waals surface area contributed by atoms with Gasteiger partial charge in [-0.05, 0) is 45.4 Å². The summed E-state index contributed by atoms with van der Waals surface area (Å²) in [5, 5.41) is 9.25. The molecule has 19 heavy (non-hydrogen) atoms. The van der Waals surface area contributed by atoms with E-state index in [0.717, 1.165) is 12.3 Å². The van der Waals surface area contributed by atoms with Gasteiger partial charge >= 0.3 is 12.1 Å². The monoisotopic (exact) mass is 269 g/mol. The predicted octanol–water partition coefficient (Wildman–Crippen LogP) is 2.50. The lowest BCUT2D eigenvalue weighted by Gasteiger charge is -2.26. The molecule has 1 heterocycles. The number of rotatable bonds is 3. The van der Waals surface area contributed by atoms with E-state index >= 15 is 0 Å². The number of carbonyl (C=O) groups excluding carboxylic acids is 1. The fourth-order valence-corrected chi connectivity index (χ4v) is 2.68. The Morgan fingerprint density at radius 3 is 2.37 bits per heavy atom. The Hall–Kier alpha value is -1.26. The number of hydrogen-bond acceptors (Lipinski definition) is 3. The van der Waals surface area contributed by atoms with Gasteiger partial charge < -0.3 is 9.84 Å². The quantitative estimate of drug-likeness (QED) is 0.854. The molecule has 0 aromatic heterocycles. The number of nitrogens with zero attached hydrogens (tertiary/aromatic N) is 1. The molecule has 1 aliphatic carbocycles. The third kappa shape index (κ3) is 3.85. The van der Waals surface area contributed by atoms with Crippen molar-refractivity contribution in [3.05, 3.63) is 0 Å². The van der Waals surface area contributed by atoms with E-state index in [1.54, 1.807) is 20.8 Å². The molecule has 0 radical (unpaired) electrons. The van der Waals surface area contributed by atoms with Crippen molar-refractivity contribution < 1.29 is 19.4 Å². The van der Waals surface area contributed by atoms with E-state index in [9.17, 15) is 14.7 Å². The first kappa shape index (κ1) is 14.2. The molecule has 0 aromatic rings. The number of likely N-dealkylation sites (tertiary alicyclic amines) is 1. The Labute approximate surface area is 113 Å². The summed E-state index contributed by atoms with van der Waals surface area (Å²) in [5.41, 5.74) is -0.589. The summed E-state index contributed by atoms with van der Waals surface area (Å²) in [5.74, 6) is 0.128. The van der Waals surface area contributed by atoms with E-state index in [4.69, 9.17) is 4.74 Å². The zero-order valence-corrected chi connectivity index (χ0v) is 11.9. The van der Waals surface area contributed by atoms with Crippen LogP contribution < -0.4 is 0 Å². The molecule has 2 atom stereocenters. The fraction of sp³-hybridized carbons (Fsp3) is 0.857. The van der Waals surface area contributed by atoms with Crippen molar-refractivity contribution in [2.45, 2.75) is 58.1 Å². The van der Waals surface area contributed by atoms with Crippen LogP contribution in [0.5, 0.6) is 0 Å². The highest BCUT2D eigenvalue weighted by atomic mass is 16.6. The highest BCUT2D eigenvalue weighted by Crippen LogP contribution is 2.39. The van der Waals surface area contributed by atoms with Gasteiger partial charge in [-0.3, -0.25) is 4.90 Å². The van der Waals surface area contributed by atoms with Gasteiger partial charge in [0.15, 0.2) is 0 Å². The van der Waals surface area contributed by atoms with Crippen LogP contribution in [0.25, 0.3) is 0 Å². The van der Waals surface area contributed by atoms with E-state index in [-0.39, 0.29) is 0 Å². The molecule has 0 aromatic carbocycles. The molecule has 0 unspecified atom stereocenters. The van der Waals surface area contributed by atoms with E-state index in [2.05, 4.69) is 0 Å². The minimum Gasteiger partial charge on any atom is -0.480 e. The first-order valence-electron chi connectivity index (χ1n) is 6.98. The summed E-state index contributed by atoms with van der Waals surface area (Å²) in [6, 6.07) is -0.724. The number of amides is 1. The van der Waals surface area contributed by atoms with Gasteiger partial charge in [0.2, 0.25) is 0 Å². The average molecular weight is 269 g/mol. The number of carboxylic acids is 1. The molecule has 1 aliphatic heterocycles. The Kier molecular flexibility index (Phi) is 3.74. The van der Waals surface area contributed by atoms with Gasteiger partial charge in [0, 0.05) is 6.54 Å². The summed E-state index contributed by atoms with van der Waals surface area (Å²) in [4.78, 5) is 24.7. The minimum atomic E-state index is -0.927. The highest BCUT2D eigenvalue weighted by molar-refractivity contribution is 5.81. The molecule has 1 saturated heterocycles. The van der Waals surface area contributed by atoms with Crippen LogP contribution >= 0.6 is 0 Å². The number of carboxylic acid groups (broad SMARTS) is 1. The molecule has 2 aliphatic rings. The van der Waals surface area contributed by atoms with Crippen molar-refractivity contribution in [2.75, 3.05) is 6.54 Å². The van der Waals surface area contributed by atoms with Crippen molar-refractivity contribution in [2.24, 2.45) is 11.8 Å². The van der Waals surface area contributed by atoms with E-state index in [1.807, 2.05) is 0 Å². The Balaban J connectivity index is 1.99. The van der Waals surface area contributed by atoms with E-state index in [0.29, 0.717) is 18.9 Å². The molecule has 1 amide bonds. The van der Waals surface area contributed by atoms with Gasteiger partial charge in [-0.1, -0.05) is 12.8 Å². The van der Waals surface area contributed by atoms with E-state index < -0.39 is 23.7 Å². The lowest BCUT2D eigenvalue weighted by Crippen LogP contribution is -2.43. The second-order valence-corrected chi connectivity index (χ2v) is 6.77. The Morgan fingerprint density at radius 2 is 1.89 bits per heavy atom. The first-order valence-corrected chi connectivity index (χ1v) is 6.98. The molecule has 1 N–H and O–H groups in total. The number of aliphatic carboxylic acids is 1. The van der Waals surface area contributed by atoms with E-state index in [1.165, 1.54) is 17.7 Å². The maximum atomic E-state index is 12.1. The van der Waals surface area contributed by atoms with Crippen LogP contribution in [-0.2, 0) is 9.53 Å². The smallest absolute Gasteiger partial charge is 0.411 e. The van der Waals surface area contributed by atoms with Crippen LogP contribution in [-0.4, -0.2) is 40.3 Å².